The highest BCUT2D eigenvalue weighted by Crippen LogP contribution is 2.20. The summed E-state index contributed by atoms with van der Waals surface area (Å²) in [5.74, 6) is 0.646. The van der Waals surface area contributed by atoms with Gasteiger partial charge in [-0.15, -0.1) is 0 Å². The highest BCUT2D eigenvalue weighted by Gasteiger charge is 2.22. The van der Waals surface area contributed by atoms with E-state index in [9.17, 15) is 0 Å². The van der Waals surface area contributed by atoms with Gasteiger partial charge in [0.2, 0.25) is 0 Å². The quantitative estimate of drug-likeness (QED) is 0.777. The van der Waals surface area contributed by atoms with Crippen LogP contribution in [-0.2, 0) is 4.74 Å². The summed E-state index contributed by atoms with van der Waals surface area (Å²) in [5.41, 5.74) is 0. The summed E-state index contributed by atoms with van der Waals surface area (Å²) in [6.45, 7) is 8.62. The molecule has 1 aliphatic rings. The van der Waals surface area contributed by atoms with E-state index in [4.69, 9.17) is 4.74 Å². The predicted octanol–water partition coefficient (Wildman–Crippen LogP) is 3.36. The molecular weight excluding hydrogens is 198 g/mol. The SMILES string of the molecule is CCNC1CCCCCCC1OCC(C)C. The fraction of sp³-hybridized carbons (Fsp3) is 1.00. The van der Waals surface area contributed by atoms with E-state index in [2.05, 4.69) is 26.1 Å². The molecule has 1 saturated carbocycles. The molecular formula is C14H29NO. The third-order valence-corrected chi connectivity index (χ3v) is 3.31. The van der Waals surface area contributed by atoms with Gasteiger partial charge in [0.05, 0.1) is 6.10 Å². The van der Waals surface area contributed by atoms with Crippen LogP contribution in [-0.4, -0.2) is 25.3 Å². The summed E-state index contributed by atoms with van der Waals surface area (Å²) in [7, 11) is 0. The van der Waals surface area contributed by atoms with Gasteiger partial charge < -0.3 is 10.1 Å². The number of rotatable bonds is 5. The Morgan fingerprint density at radius 3 is 2.44 bits per heavy atom. The van der Waals surface area contributed by atoms with Crippen LogP contribution < -0.4 is 5.32 Å². The van der Waals surface area contributed by atoms with Crippen molar-refractivity contribution in [3.05, 3.63) is 0 Å². The first-order valence-electron chi connectivity index (χ1n) is 7.09. The van der Waals surface area contributed by atoms with Crippen molar-refractivity contribution in [1.29, 1.82) is 0 Å². The molecule has 0 amide bonds. The Balaban J connectivity index is 2.42. The van der Waals surface area contributed by atoms with Crippen molar-refractivity contribution in [1.82, 2.24) is 5.32 Å². The molecule has 0 spiro atoms. The average Bonchev–Trinajstić information content (AvgIpc) is 2.21. The van der Waals surface area contributed by atoms with E-state index in [0.29, 0.717) is 18.1 Å². The second kappa shape index (κ2) is 8.08. The van der Waals surface area contributed by atoms with Crippen LogP contribution in [0.4, 0.5) is 0 Å². The first-order valence-corrected chi connectivity index (χ1v) is 7.09. The third-order valence-electron chi connectivity index (χ3n) is 3.31. The Morgan fingerprint density at radius 2 is 1.81 bits per heavy atom. The maximum absolute atomic E-state index is 6.08. The molecule has 0 radical (unpaired) electrons. The molecule has 0 heterocycles. The van der Waals surface area contributed by atoms with Gasteiger partial charge in [-0.25, -0.2) is 0 Å². The van der Waals surface area contributed by atoms with E-state index in [1.54, 1.807) is 0 Å². The van der Waals surface area contributed by atoms with Crippen molar-refractivity contribution < 1.29 is 4.74 Å². The summed E-state index contributed by atoms with van der Waals surface area (Å²) in [6, 6.07) is 0.587. The average molecular weight is 227 g/mol. The van der Waals surface area contributed by atoms with E-state index >= 15 is 0 Å². The molecule has 2 heteroatoms. The van der Waals surface area contributed by atoms with Crippen molar-refractivity contribution in [2.45, 2.75) is 71.4 Å². The Morgan fingerprint density at radius 1 is 1.12 bits per heavy atom. The van der Waals surface area contributed by atoms with Crippen molar-refractivity contribution in [2.24, 2.45) is 5.92 Å². The van der Waals surface area contributed by atoms with Crippen LogP contribution in [0.1, 0.15) is 59.3 Å². The van der Waals surface area contributed by atoms with Crippen LogP contribution in [0, 0.1) is 5.92 Å². The van der Waals surface area contributed by atoms with Crippen molar-refractivity contribution in [3.63, 3.8) is 0 Å². The maximum Gasteiger partial charge on any atom is 0.0728 e. The number of ether oxygens (including phenoxy) is 1. The zero-order valence-electron chi connectivity index (χ0n) is 11.3. The molecule has 0 bridgehead atoms. The third kappa shape index (κ3) is 5.31. The first kappa shape index (κ1) is 14.0. The second-order valence-electron chi connectivity index (χ2n) is 5.42. The molecule has 0 aliphatic heterocycles. The van der Waals surface area contributed by atoms with Crippen LogP contribution in [0.5, 0.6) is 0 Å². The highest BCUT2D eigenvalue weighted by molar-refractivity contribution is 4.79. The van der Waals surface area contributed by atoms with Crippen LogP contribution in [0.2, 0.25) is 0 Å². The molecule has 0 saturated heterocycles. The van der Waals surface area contributed by atoms with Gasteiger partial charge in [0, 0.05) is 12.6 Å². The van der Waals surface area contributed by atoms with Crippen LogP contribution in [0.25, 0.3) is 0 Å². The van der Waals surface area contributed by atoms with Gasteiger partial charge in [-0.3, -0.25) is 0 Å². The molecule has 1 fully saturated rings. The summed E-state index contributed by atoms with van der Waals surface area (Å²) in [6.07, 6.45) is 8.46. The largest absolute Gasteiger partial charge is 0.376 e. The van der Waals surface area contributed by atoms with Gasteiger partial charge in [-0.05, 0) is 25.3 Å². The van der Waals surface area contributed by atoms with Crippen molar-refractivity contribution in [2.75, 3.05) is 13.2 Å². The lowest BCUT2D eigenvalue weighted by molar-refractivity contribution is 0.000448. The number of likely N-dealkylation sites (N-methyl/N-ethyl adjacent to an activating group) is 1. The predicted molar refractivity (Wildman–Crippen MR) is 69.7 cm³/mol. The first-order chi connectivity index (χ1) is 7.74. The number of hydrogen-bond acceptors (Lipinski definition) is 2. The Hall–Kier alpha value is -0.0800. The molecule has 96 valence electrons. The van der Waals surface area contributed by atoms with Gasteiger partial charge in [0.15, 0.2) is 0 Å². The van der Waals surface area contributed by atoms with E-state index < -0.39 is 0 Å². The minimum atomic E-state index is 0.447. The van der Waals surface area contributed by atoms with E-state index in [1.807, 2.05) is 0 Å². The zero-order valence-corrected chi connectivity index (χ0v) is 11.3. The van der Waals surface area contributed by atoms with Crippen molar-refractivity contribution in [3.8, 4) is 0 Å². The summed E-state index contributed by atoms with van der Waals surface area (Å²) >= 11 is 0. The molecule has 2 nitrogen and oxygen atoms in total. The normalized spacial score (nSPS) is 27.8. The topological polar surface area (TPSA) is 21.3 Å². The lowest BCUT2D eigenvalue weighted by Crippen LogP contribution is -2.42. The van der Waals surface area contributed by atoms with Crippen LogP contribution in [0.3, 0.4) is 0 Å². The summed E-state index contributed by atoms with van der Waals surface area (Å²) < 4.78 is 6.08. The van der Waals surface area contributed by atoms with Gasteiger partial charge in [-0.2, -0.15) is 0 Å². The maximum atomic E-state index is 6.08. The molecule has 1 aliphatic carbocycles. The Labute approximate surface area is 101 Å². The summed E-state index contributed by atoms with van der Waals surface area (Å²) in [5, 5.41) is 3.60. The summed E-state index contributed by atoms with van der Waals surface area (Å²) in [4.78, 5) is 0. The van der Waals surface area contributed by atoms with Gasteiger partial charge in [0.1, 0.15) is 0 Å². The number of hydrogen-bond donors (Lipinski definition) is 1. The van der Waals surface area contributed by atoms with Gasteiger partial charge >= 0.3 is 0 Å². The highest BCUT2D eigenvalue weighted by atomic mass is 16.5. The van der Waals surface area contributed by atoms with Gasteiger partial charge in [0.25, 0.3) is 0 Å². The van der Waals surface area contributed by atoms with Gasteiger partial charge in [-0.1, -0.05) is 46.5 Å². The molecule has 0 aromatic carbocycles. The lowest BCUT2D eigenvalue weighted by Gasteiger charge is -2.30. The van der Waals surface area contributed by atoms with E-state index in [0.717, 1.165) is 13.2 Å². The molecule has 0 aromatic rings. The Bertz CT molecular complexity index is 170. The monoisotopic (exact) mass is 227 g/mol. The molecule has 1 rings (SSSR count). The fourth-order valence-corrected chi connectivity index (χ4v) is 2.46. The standard InChI is InChI=1S/C14H29NO/c1-4-15-13-9-7-5-6-8-10-14(13)16-11-12(2)3/h12-15H,4-11H2,1-3H3. The molecule has 2 atom stereocenters. The second-order valence-corrected chi connectivity index (χ2v) is 5.42. The van der Waals surface area contributed by atoms with Crippen LogP contribution >= 0.6 is 0 Å². The van der Waals surface area contributed by atoms with Crippen molar-refractivity contribution >= 4 is 0 Å². The minimum Gasteiger partial charge on any atom is -0.376 e. The zero-order chi connectivity index (χ0) is 11.8. The molecule has 2 unspecified atom stereocenters. The lowest BCUT2D eigenvalue weighted by atomic mass is 9.94. The smallest absolute Gasteiger partial charge is 0.0728 e. The number of nitrogens with one attached hydrogen (secondary N) is 1. The molecule has 0 aromatic heterocycles. The minimum absolute atomic E-state index is 0.447. The fourth-order valence-electron chi connectivity index (χ4n) is 2.46. The molecule has 1 N–H and O–H groups in total. The molecule has 16 heavy (non-hydrogen) atoms. The van der Waals surface area contributed by atoms with Crippen LogP contribution in [0.15, 0.2) is 0 Å². The Kier molecular flexibility index (Phi) is 7.06. The van der Waals surface area contributed by atoms with E-state index in [-0.39, 0.29) is 0 Å². The van der Waals surface area contributed by atoms with E-state index in [1.165, 1.54) is 38.5 Å².